The quantitative estimate of drug-likeness (QED) is 0.0195. The van der Waals surface area contributed by atoms with Gasteiger partial charge in [0, 0.05) is 6.42 Å². The highest BCUT2D eigenvalue weighted by atomic mass is 16.7. The molecule has 6 N–H and O–H groups in total. The average molecular weight is 1220 g/mol. The summed E-state index contributed by atoms with van der Waals surface area (Å²) in [4.78, 5) is 26.7. The number of carbonyl (C=O) groups is 2. The lowest BCUT2D eigenvalue weighted by Gasteiger charge is -2.41. The largest absolute Gasteiger partial charge is 0.454 e. The molecule has 1 aliphatic rings. The highest BCUT2D eigenvalue weighted by molar-refractivity contribution is 5.80. The van der Waals surface area contributed by atoms with Crippen LogP contribution in [-0.2, 0) is 23.8 Å². The zero-order valence-electron chi connectivity index (χ0n) is 56.1. The topological polar surface area (TPSA) is 175 Å². The normalized spacial score (nSPS) is 18.7. The summed E-state index contributed by atoms with van der Waals surface area (Å²) >= 11 is 0. The second-order valence-electron chi connectivity index (χ2n) is 24.9. The van der Waals surface area contributed by atoms with E-state index in [0.717, 1.165) is 116 Å². The number of hydrogen-bond donors (Lipinski definition) is 6. The van der Waals surface area contributed by atoms with Crippen molar-refractivity contribution in [2.75, 3.05) is 13.2 Å². The van der Waals surface area contributed by atoms with Gasteiger partial charge in [0.15, 0.2) is 12.4 Å². The first-order chi connectivity index (χ1) is 42.7. The fourth-order valence-corrected chi connectivity index (χ4v) is 11.1. The number of aliphatic hydroxyl groups excluding tert-OH is 5. The van der Waals surface area contributed by atoms with E-state index < -0.39 is 67.4 Å². The molecule has 1 saturated heterocycles. The number of esters is 1. The molecule has 8 unspecified atom stereocenters. The molecule has 0 aromatic rings. The van der Waals surface area contributed by atoms with Gasteiger partial charge in [-0.2, -0.15) is 0 Å². The second-order valence-corrected chi connectivity index (χ2v) is 24.9. The summed E-state index contributed by atoms with van der Waals surface area (Å²) in [5.74, 6) is -1.20. The van der Waals surface area contributed by atoms with Crippen LogP contribution >= 0.6 is 0 Å². The van der Waals surface area contributed by atoms with Gasteiger partial charge in [-0.05, 0) is 96.3 Å². The Balaban J connectivity index is 2.55. The van der Waals surface area contributed by atoms with E-state index in [1.54, 1.807) is 6.08 Å². The minimum absolute atomic E-state index is 0.108. The second kappa shape index (κ2) is 63.0. The van der Waals surface area contributed by atoms with Crippen LogP contribution in [-0.4, -0.2) is 99.6 Å². The number of carbonyl (C=O) groups excluding carboxylic acids is 2. The summed E-state index contributed by atoms with van der Waals surface area (Å²) in [6.07, 6.45) is 73.4. The maximum atomic E-state index is 13.5. The van der Waals surface area contributed by atoms with E-state index >= 15 is 0 Å². The van der Waals surface area contributed by atoms with Crippen LogP contribution in [0.15, 0.2) is 85.1 Å². The van der Waals surface area contributed by atoms with Crippen molar-refractivity contribution in [1.29, 1.82) is 0 Å². The average Bonchev–Trinajstić information content (AvgIpc) is 2.93. The van der Waals surface area contributed by atoms with Gasteiger partial charge in [-0.1, -0.05) is 305 Å². The highest BCUT2D eigenvalue weighted by Crippen LogP contribution is 2.26. The standard InChI is InChI=1S/C76H135NO10/c1-4-7-10-13-16-19-22-24-26-28-30-32-34-36-37-39-41-43-45-48-51-54-57-60-63-69(80)75(84)77-67(68(79)62-59-56-53-50-47-21-18-15-12-9-6-3)66-85-76-74(73(83)72(82)70(65-78)86-76)87-71(81)64-61-58-55-52-49-46-44-42-40-38-35-33-31-29-27-25-23-20-17-14-11-8-5-2/h8,11,17,20,24-27,31,33,38,40,59,62,67-70,72-74,76,78-80,82-83H,4-7,9-10,12-16,18-19,21-23,28-30,32,34-37,39,41-58,60-61,63-66H2,1-3H3,(H,77,84)/b11-8-,20-17-,26-24+,27-25-,33-31-,40-38-,62-59+. The lowest BCUT2D eigenvalue weighted by atomic mass is 9.99. The first-order valence-corrected chi connectivity index (χ1v) is 36.4. The highest BCUT2D eigenvalue weighted by Gasteiger charge is 2.47. The fourth-order valence-electron chi connectivity index (χ4n) is 11.1. The molecule has 1 amide bonds. The molecule has 0 bridgehead atoms. The molecule has 11 heteroatoms. The predicted molar refractivity (Wildman–Crippen MR) is 366 cm³/mol. The Morgan fingerprint density at radius 1 is 0.460 bits per heavy atom. The molecule has 1 rings (SSSR count). The summed E-state index contributed by atoms with van der Waals surface area (Å²) in [5.41, 5.74) is 0. The number of nitrogens with one attached hydrogen (secondary N) is 1. The van der Waals surface area contributed by atoms with Gasteiger partial charge in [0.2, 0.25) is 5.91 Å². The summed E-state index contributed by atoms with van der Waals surface area (Å²) < 4.78 is 17.7. The molecule has 11 nitrogen and oxygen atoms in total. The van der Waals surface area contributed by atoms with Gasteiger partial charge in [-0.15, -0.1) is 0 Å². The Hall–Kier alpha value is -3.16. The SMILES string of the molecule is CC/C=C\C/C=C\C/C=C\C/C=C\C/C=C\CCCCCCCCCC(=O)OC1C(OCC(NC(=O)C(O)CCCCCCCCCCCCCCCC/C=C/CCCCCCCC)C(O)/C=C/CCCCCCCCCCC)OC(CO)C(O)C1O. The number of unbranched alkanes of at least 4 members (excludes halogenated alkanes) is 36. The van der Waals surface area contributed by atoms with Crippen LogP contribution in [0.2, 0.25) is 0 Å². The summed E-state index contributed by atoms with van der Waals surface area (Å²) in [6.45, 7) is 5.69. The number of allylic oxidation sites excluding steroid dienone is 13. The minimum atomic E-state index is -1.62. The van der Waals surface area contributed by atoms with Crippen molar-refractivity contribution < 1.29 is 49.3 Å². The van der Waals surface area contributed by atoms with Crippen molar-refractivity contribution in [3.05, 3.63) is 85.1 Å². The molecule has 1 aliphatic heterocycles. The van der Waals surface area contributed by atoms with Crippen molar-refractivity contribution in [3.8, 4) is 0 Å². The van der Waals surface area contributed by atoms with Gasteiger partial charge >= 0.3 is 5.97 Å². The molecule has 504 valence electrons. The van der Waals surface area contributed by atoms with Crippen molar-refractivity contribution >= 4 is 11.9 Å². The first kappa shape index (κ1) is 81.9. The third-order valence-corrected chi connectivity index (χ3v) is 16.8. The predicted octanol–water partition coefficient (Wildman–Crippen LogP) is 18.8. The first-order valence-electron chi connectivity index (χ1n) is 36.4. The zero-order valence-corrected chi connectivity index (χ0v) is 56.1. The molecule has 8 atom stereocenters. The molecule has 0 saturated carbocycles. The van der Waals surface area contributed by atoms with Gasteiger partial charge in [-0.25, -0.2) is 0 Å². The smallest absolute Gasteiger partial charge is 0.306 e. The van der Waals surface area contributed by atoms with Crippen LogP contribution in [0.5, 0.6) is 0 Å². The van der Waals surface area contributed by atoms with Crippen molar-refractivity contribution in [3.63, 3.8) is 0 Å². The third kappa shape index (κ3) is 50.2. The maximum Gasteiger partial charge on any atom is 0.306 e. The Morgan fingerprint density at radius 3 is 1.25 bits per heavy atom. The number of hydrogen-bond acceptors (Lipinski definition) is 10. The van der Waals surface area contributed by atoms with E-state index in [-0.39, 0.29) is 13.0 Å². The molecule has 0 aromatic carbocycles. The van der Waals surface area contributed by atoms with Crippen LogP contribution in [0, 0.1) is 0 Å². The molecule has 0 aromatic heterocycles. The van der Waals surface area contributed by atoms with E-state index in [2.05, 4.69) is 99.0 Å². The van der Waals surface area contributed by atoms with Crippen molar-refractivity contribution in [2.45, 2.75) is 372 Å². The van der Waals surface area contributed by atoms with E-state index in [0.29, 0.717) is 19.3 Å². The Bertz CT molecular complexity index is 1740. The van der Waals surface area contributed by atoms with Gasteiger partial charge < -0.3 is 45.1 Å². The Morgan fingerprint density at radius 2 is 0.828 bits per heavy atom. The molecule has 0 spiro atoms. The maximum absolute atomic E-state index is 13.5. The molecule has 0 aliphatic carbocycles. The van der Waals surface area contributed by atoms with Gasteiger partial charge in [0.25, 0.3) is 0 Å². The van der Waals surface area contributed by atoms with Crippen molar-refractivity contribution in [2.24, 2.45) is 0 Å². The van der Waals surface area contributed by atoms with E-state index in [9.17, 15) is 35.1 Å². The van der Waals surface area contributed by atoms with Crippen LogP contribution in [0.25, 0.3) is 0 Å². The zero-order chi connectivity index (χ0) is 63.1. The summed E-state index contributed by atoms with van der Waals surface area (Å²) in [7, 11) is 0. The number of amides is 1. The molecular weight excluding hydrogens is 1090 g/mol. The number of aliphatic hydroxyl groups is 5. The number of rotatable bonds is 62. The fraction of sp³-hybridized carbons (Fsp3) is 0.789. The summed E-state index contributed by atoms with van der Waals surface area (Å²) in [5, 5.41) is 57.2. The van der Waals surface area contributed by atoms with Crippen LogP contribution in [0.4, 0.5) is 0 Å². The van der Waals surface area contributed by atoms with Gasteiger partial charge in [0.05, 0.1) is 25.4 Å². The third-order valence-electron chi connectivity index (χ3n) is 16.8. The Labute approximate surface area is 533 Å². The van der Waals surface area contributed by atoms with E-state index in [4.69, 9.17) is 14.2 Å². The summed E-state index contributed by atoms with van der Waals surface area (Å²) in [6, 6.07) is -1.03. The van der Waals surface area contributed by atoms with E-state index in [1.165, 1.54) is 161 Å². The van der Waals surface area contributed by atoms with Crippen LogP contribution in [0.1, 0.15) is 323 Å². The molecule has 1 heterocycles. The van der Waals surface area contributed by atoms with Crippen LogP contribution < -0.4 is 5.32 Å². The number of ether oxygens (including phenoxy) is 3. The lowest BCUT2D eigenvalue weighted by Crippen LogP contribution is -2.61. The Kier molecular flexibility index (Phi) is 59.3. The molecular formula is C76H135NO10. The van der Waals surface area contributed by atoms with Crippen LogP contribution in [0.3, 0.4) is 0 Å². The molecule has 0 radical (unpaired) electrons. The lowest BCUT2D eigenvalue weighted by molar-refractivity contribution is -0.305. The molecule has 87 heavy (non-hydrogen) atoms. The van der Waals surface area contributed by atoms with Gasteiger partial charge in [-0.3, -0.25) is 9.59 Å². The monoisotopic (exact) mass is 1220 g/mol. The van der Waals surface area contributed by atoms with Gasteiger partial charge in [0.1, 0.15) is 24.4 Å². The molecule has 1 fully saturated rings. The van der Waals surface area contributed by atoms with Crippen molar-refractivity contribution in [1.82, 2.24) is 5.32 Å². The minimum Gasteiger partial charge on any atom is -0.454 e. The van der Waals surface area contributed by atoms with E-state index in [1.807, 2.05) is 6.08 Å².